The van der Waals surface area contributed by atoms with Gasteiger partial charge in [-0.15, -0.1) is 0 Å². The van der Waals surface area contributed by atoms with Gasteiger partial charge in [-0.25, -0.2) is 0 Å². The maximum absolute atomic E-state index is 9.97. The fourth-order valence-electron chi connectivity index (χ4n) is 2.45. The van der Waals surface area contributed by atoms with Crippen LogP contribution >= 0.6 is 0 Å². The first kappa shape index (κ1) is 12.0. The van der Waals surface area contributed by atoms with Gasteiger partial charge in [0.05, 0.1) is 5.60 Å². The first-order valence-electron chi connectivity index (χ1n) is 6.05. The summed E-state index contributed by atoms with van der Waals surface area (Å²) in [6.45, 7) is 8.74. The summed E-state index contributed by atoms with van der Waals surface area (Å²) in [6, 6.07) is 0.726. The van der Waals surface area contributed by atoms with Crippen molar-refractivity contribution < 1.29 is 5.11 Å². The van der Waals surface area contributed by atoms with Crippen LogP contribution in [0, 0.1) is 0 Å². The average molecular weight is 199 g/mol. The second kappa shape index (κ2) is 5.13. The van der Waals surface area contributed by atoms with E-state index in [-0.39, 0.29) is 0 Å². The Kier molecular flexibility index (Phi) is 4.39. The molecule has 1 aliphatic heterocycles. The molecule has 0 amide bonds. The van der Waals surface area contributed by atoms with E-state index in [4.69, 9.17) is 0 Å². The summed E-state index contributed by atoms with van der Waals surface area (Å²) < 4.78 is 0. The van der Waals surface area contributed by atoms with Crippen molar-refractivity contribution in [1.82, 2.24) is 4.90 Å². The molecular weight excluding hydrogens is 174 g/mol. The van der Waals surface area contributed by atoms with Crippen molar-refractivity contribution in [2.45, 2.75) is 64.5 Å². The minimum absolute atomic E-state index is 0.416. The molecule has 2 nitrogen and oxygen atoms in total. The lowest BCUT2D eigenvalue weighted by Gasteiger charge is -2.29. The van der Waals surface area contributed by atoms with Crippen LogP contribution in [0.2, 0.25) is 0 Å². The minimum atomic E-state index is -0.416. The van der Waals surface area contributed by atoms with Crippen molar-refractivity contribution in [3.05, 3.63) is 0 Å². The largest absolute Gasteiger partial charge is 0.390 e. The molecule has 0 saturated carbocycles. The van der Waals surface area contributed by atoms with Crippen LogP contribution in [-0.2, 0) is 0 Å². The number of nitrogens with zero attached hydrogens (tertiary/aromatic N) is 1. The van der Waals surface area contributed by atoms with Gasteiger partial charge in [0.15, 0.2) is 0 Å². The van der Waals surface area contributed by atoms with Crippen molar-refractivity contribution in [2.24, 2.45) is 0 Å². The third-order valence-electron chi connectivity index (χ3n) is 3.56. The zero-order valence-electron chi connectivity index (χ0n) is 9.92. The van der Waals surface area contributed by atoms with Gasteiger partial charge in [0.1, 0.15) is 0 Å². The summed E-state index contributed by atoms with van der Waals surface area (Å²) in [4.78, 5) is 2.56. The van der Waals surface area contributed by atoms with Crippen molar-refractivity contribution >= 4 is 0 Å². The molecule has 0 aromatic heterocycles. The fourth-order valence-corrected chi connectivity index (χ4v) is 2.45. The lowest BCUT2D eigenvalue weighted by molar-refractivity contribution is 0.0428. The van der Waals surface area contributed by atoms with Gasteiger partial charge in [-0.1, -0.05) is 13.8 Å². The Morgan fingerprint density at radius 2 is 1.86 bits per heavy atom. The first-order valence-corrected chi connectivity index (χ1v) is 6.05. The second-order valence-electron chi connectivity index (χ2n) is 4.86. The standard InChI is InChI=1S/C12H25NO/c1-4-11(5-2)13-9-6-7-12(3,14)8-10-13/h11,14H,4-10H2,1-3H3. The molecule has 2 heteroatoms. The van der Waals surface area contributed by atoms with Crippen LogP contribution in [0.5, 0.6) is 0 Å². The number of aliphatic hydroxyl groups is 1. The Bertz CT molecular complexity index is 164. The third-order valence-corrected chi connectivity index (χ3v) is 3.56. The number of hydrogen-bond donors (Lipinski definition) is 1. The van der Waals surface area contributed by atoms with Crippen LogP contribution in [0.1, 0.15) is 52.9 Å². The van der Waals surface area contributed by atoms with Crippen molar-refractivity contribution in [2.75, 3.05) is 13.1 Å². The van der Waals surface area contributed by atoms with E-state index in [0.29, 0.717) is 0 Å². The zero-order chi connectivity index (χ0) is 10.6. The summed E-state index contributed by atoms with van der Waals surface area (Å²) >= 11 is 0. The van der Waals surface area contributed by atoms with Gasteiger partial charge in [0.25, 0.3) is 0 Å². The predicted molar refractivity (Wildman–Crippen MR) is 60.4 cm³/mol. The van der Waals surface area contributed by atoms with Gasteiger partial charge >= 0.3 is 0 Å². The first-order chi connectivity index (χ1) is 6.59. The highest BCUT2D eigenvalue weighted by Gasteiger charge is 2.26. The Balaban J connectivity index is 2.48. The van der Waals surface area contributed by atoms with Gasteiger partial charge in [-0.2, -0.15) is 0 Å². The molecule has 0 bridgehead atoms. The molecule has 1 aliphatic rings. The highest BCUT2D eigenvalue weighted by molar-refractivity contribution is 4.81. The lowest BCUT2D eigenvalue weighted by atomic mass is 9.98. The number of hydrogen-bond acceptors (Lipinski definition) is 2. The SMILES string of the molecule is CCC(CC)N1CCCC(C)(O)CC1. The summed E-state index contributed by atoms with van der Waals surface area (Å²) in [5, 5.41) is 9.97. The molecule has 1 atom stereocenters. The quantitative estimate of drug-likeness (QED) is 0.754. The molecule has 1 N–H and O–H groups in total. The van der Waals surface area contributed by atoms with E-state index in [0.717, 1.165) is 31.8 Å². The Hall–Kier alpha value is -0.0800. The van der Waals surface area contributed by atoms with Crippen molar-refractivity contribution in [3.63, 3.8) is 0 Å². The number of likely N-dealkylation sites (tertiary alicyclic amines) is 1. The van der Waals surface area contributed by atoms with Crippen molar-refractivity contribution in [1.29, 1.82) is 0 Å². The predicted octanol–water partition coefficient (Wildman–Crippen LogP) is 2.41. The van der Waals surface area contributed by atoms with Crippen molar-refractivity contribution in [3.8, 4) is 0 Å². The molecule has 14 heavy (non-hydrogen) atoms. The molecule has 1 saturated heterocycles. The smallest absolute Gasteiger partial charge is 0.0632 e. The maximum Gasteiger partial charge on any atom is 0.0632 e. The summed E-state index contributed by atoms with van der Waals surface area (Å²) in [6.07, 6.45) is 5.51. The molecule has 1 fully saturated rings. The summed E-state index contributed by atoms with van der Waals surface area (Å²) in [7, 11) is 0. The fraction of sp³-hybridized carbons (Fsp3) is 1.00. The van der Waals surface area contributed by atoms with Crippen LogP contribution in [0.15, 0.2) is 0 Å². The van der Waals surface area contributed by atoms with Gasteiger partial charge in [-0.3, -0.25) is 0 Å². The summed E-state index contributed by atoms with van der Waals surface area (Å²) in [5.74, 6) is 0. The molecule has 0 spiro atoms. The van der Waals surface area contributed by atoms with Crippen LogP contribution in [0.3, 0.4) is 0 Å². The van der Waals surface area contributed by atoms with E-state index in [1.54, 1.807) is 0 Å². The molecule has 1 unspecified atom stereocenters. The topological polar surface area (TPSA) is 23.5 Å². The molecular formula is C12H25NO. The molecule has 0 aromatic rings. The number of rotatable bonds is 3. The van der Waals surface area contributed by atoms with Crippen LogP contribution in [-0.4, -0.2) is 34.7 Å². The van der Waals surface area contributed by atoms with E-state index < -0.39 is 5.60 Å². The highest BCUT2D eigenvalue weighted by Crippen LogP contribution is 2.23. The van der Waals surface area contributed by atoms with E-state index in [9.17, 15) is 5.11 Å². The minimum Gasteiger partial charge on any atom is -0.390 e. The third kappa shape index (κ3) is 3.25. The molecule has 0 aliphatic carbocycles. The Morgan fingerprint density at radius 1 is 1.21 bits per heavy atom. The summed E-state index contributed by atoms with van der Waals surface area (Å²) in [5.41, 5.74) is -0.416. The van der Waals surface area contributed by atoms with Gasteiger partial charge in [0.2, 0.25) is 0 Å². The maximum atomic E-state index is 9.97. The average Bonchev–Trinajstić information content (AvgIpc) is 2.30. The Labute approximate surface area is 88.3 Å². The zero-order valence-corrected chi connectivity index (χ0v) is 9.92. The molecule has 84 valence electrons. The lowest BCUT2D eigenvalue weighted by Crippen LogP contribution is -2.36. The molecule has 0 radical (unpaired) electrons. The van der Waals surface area contributed by atoms with E-state index in [2.05, 4.69) is 18.7 Å². The molecule has 1 rings (SSSR count). The highest BCUT2D eigenvalue weighted by atomic mass is 16.3. The van der Waals surface area contributed by atoms with E-state index in [1.807, 2.05) is 6.92 Å². The van der Waals surface area contributed by atoms with Crippen LogP contribution in [0.4, 0.5) is 0 Å². The normalized spacial score (nSPS) is 30.6. The van der Waals surface area contributed by atoms with Gasteiger partial charge < -0.3 is 10.0 Å². The monoisotopic (exact) mass is 199 g/mol. The second-order valence-corrected chi connectivity index (χ2v) is 4.86. The van der Waals surface area contributed by atoms with E-state index in [1.165, 1.54) is 19.4 Å². The van der Waals surface area contributed by atoms with Gasteiger partial charge in [-0.05, 0) is 45.6 Å². The molecule has 0 aromatic carbocycles. The van der Waals surface area contributed by atoms with Crippen LogP contribution < -0.4 is 0 Å². The van der Waals surface area contributed by atoms with Gasteiger partial charge in [0, 0.05) is 12.6 Å². The van der Waals surface area contributed by atoms with E-state index >= 15 is 0 Å². The molecule has 1 heterocycles. The van der Waals surface area contributed by atoms with Crippen LogP contribution in [0.25, 0.3) is 0 Å². The Morgan fingerprint density at radius 3 is 2.43 bits per heavy atom.